The van der Waals surface area contributed by atoms with Gasteiger partial charge in [-0.2, -0.15) is 0 Å². The van der Waals surface area contributed by atoms with Crippen molar-refractivity contribution < 1.29 is 14.3 Å². The van der Waals surface area contributed by atoms with Gasteiger partial charge in [-0.1, -0.05) is 31.3 Å². The van der Waals surface area contributed by atoms with E-state index in [1.807, 2.05) is 19.1 Å². The van der Waals surface area contributed by atoms with Crippen molar-refractivity contribution in [2.45, 2.75) is 39.7 Å². The molecule has 0 radical (unpaired) electrons. The van der Waals surface area contributed by atoms with E-state index in [9.17, 15) is 9.59 Å². The first-order chi connectivity index (χ1) is 11.9. The van der Waals surface area contributed by atoms with Crippen LogP contribution in [0.4, 0.5) is 10.8 Å². The van der Waals surface area contributed by atoms with Crippen LogP contribution in [-0.4, -0.2) is 28.1 Å². The van der Waals surface area contributed by atoms with E-state index in [-0.39, 0.29) is 18.2 Å². The number of fused-ring (bicyclic) bond motifs is 1. The molecule has 2 amide bonds. The lowest BCUT2D eigenvalue weighted by Crippen LogP contribution is -2.39. The van der Waals surface area contributed by atoms with Crippen LogP contribution < -0.4 is 15.4 Å². The Morgan fingerprint density at radius 3 is 2.96 bits per heavy atom. The molecule has 0 saturated carbocycles. The summed E-state index contributed by atoms with van der Waals surface area (Å²) >= 11 is 1.35. The van der Waals surface area contributed by atoms with Gasteiger partial charge < -0.3 is 15.4 Å². The molecule has 2 N–H and O–H groups in total. The molecule has 0 fully saturated rings. The Balaban J connectivity index is 1.60. The van der Waals surface area contributed by atoms with Gasteiger partial charge in [0, 0.05) is 6.42 Å². The van der Waals surface area contributed by atoms with Crippen molar-refractivity contribution in [2.75, 3.05) is 10.6 Å². The predicted molar refractivity (Wildman–Crippen MR) is 95.9 cm³/mol. The minimum atomic E-state index is -0.863. The molecular weight excluding hydrogens is 340 g/mol. The van der Waals surface area contributed by atoms with Crippen molar-refractivity contribution in [2.24, 2.45) is 5.92 Å². The van der Waals surface area contributed by atoms with Gasteiger partial charge in [0.05, 0.1) is 12.1 Å². The topological polar surface area (TPSA) is 93.2 Å². The lowest BCUT2D eigenvalue weighted by atomic mass is 10.1. The predicted octanol–water partition coefficient (Wildman–Crippen LogP) is 2.77. The van der Waals surface area contributed by atoms with E-state index < -0.39 is 6.10 Å². The fourth-order valence-corrected chi connectivity index (χ4v) is 3.44. The van der Waals surface area contributed by atoms with Gasteiger partial charge in [-0.3, -0.25) is 9.59 Å². The maximum atomic E-state index is 12.2. The fourth-order valence-electron chi connectivity index (χ4n) is 2.47. The summed E-state index contributed by atoms with van der Waals surface area (Å²) in [6, 6.07) is 5.52. The summed E-state index contributed by atoms with van der Waals surface area (Å²) in [4.78, 5) is 24.3. The molecule has 25 heavy (non-hydrogen) atoms. The number of nitrogens with zero attached hydrogens (tertiary/aromatic N) is 2. The van der Waals surface area contributed by atoms with E-state index in [4.69, 9.17) is 4.74 Å². The SMILES string of the molecule is Cc1ccc2c(c1)NC(=O)C(CC(=O)Nc1nnc(CC(C)C)s1)O2. The molecule has 0 saturated heterocycles. The molecule has 2 heterocycles. The number of rotatable bonds is 5. The zero-order chi connectivity index (χ0) is 18.0. The number of ether oxygens (including phenoxy) is 1. The van der Waals surface area contributed by atoms with E-state index in [2.05, 4.69) is 34.7 Å². The number of amides is 2. The first-order valence-corrected chi connectivity index (χ1v) is 8.93. The number of hydrogen-bond donors (Lipinski definition) is 2. The average molecular weight is 360 g/mol. The second-order valence-electron chi connectivity index (χ2n) is 6.45. The van der Waals surface area contributed by atoms with Gasteiger partial charge in [-0.05, 0) is 30.5 Å². The first kappa shape index (κ1) is 17.3. The number of carbonyl (C=O) groups is 2. The number of nitrogens with one attached hydrogen (secondary N) is 2. The van der Waals surface area contributed by atoms with E-state index in [0.29, 0.717) is 22.5 Å². The highest BCUT2D eigenvalue weighted by atomic mass is 32.1. The lowest BCUT2D eigenvalue weighted by molar-refractivity contribution is -0.128. The zero-order valence-corrected chi connectivity index (χ0v) is 15.1. The van der Waals surface area contributed by atoms with Crippen LogP contribution in [0.1, 0.15) is 30.8 Å². The summed E-state index contributed by atoms with van der Waals surface area (Å²) in [6.45, 7) is 6.12. The highest BCUT2D eigenvalue weighted by molar-refractivity contribution is 7.15. The monoisotopic (exact) mass is 360 g/mol. The Bertz CT molecular complexity index is 803. The summed E-state index contributed by atoms with van der Waals surface area (Å²) in [6.07, 6.45) is -0.130. The minimum Gasteiger partial charge on any atom is -0.478 e. The number of hydrogen-bond acceptors (Lipinski definition) is 6. The van der Waals surface area contributed by atoms with Gasteiger partial charge in [0.1, 0.15) is 10.8 Å². The van der Waals surface area contributed by atoms with Gasteiger partial charge >= 0.3 is 0 Å². The van der Waals surface area contributed by atoms with Gasteiger partial charge in [-0.15, -0.1) is 10.2 Å². The molecule has 7 nitrogen and oxygen atoms in total. The van der Waals surface area contributed by atoms with E-state index in [1.54, 1.807) is 6.07 Å². The molecule has 0 spiro atoms. The molecule has 1 aromatic heterocycles. The number of aromatic nitrogens is 2. The number of benzene rings is 1. The second-order valence-corrected chi connectivity index (χ2v) is 7.51. The molecule has 2 aromatic rings. The molecule has 1 aromatic carbocycles. The highest BCUT2D eigenvalue weighted by Crippen LogP contribution is 2.31. The first-order valence-electron chi connectivity index (χ1n) is 8.11. The van der Waals surface area contributed by atoms with Crippen molar-refractivity contribution in [1.82, 2.24) is 10.2 Å². The van der Waals surface area contributed by atoms with Crippen LogP contribution in [-0.2, 0) is 16.0 Å². The van der Waals surface area contributed by atoms with Crippen molar-refractivity contribution in [1.29, 1.82) is 0 Å². The van der Waals surface area contributed by atoms with E-state index in [0.717, 1.165) is 17.0 Å². The molecule has 0 bridgehead atoms. The van der Waals surface area contributed by atoms with Crippen LogP contribution >= 0.6 is 11.3 Å². The normalized spacial score (nSPS) is 16.2. The van der Waals surface area contributed by atoms with Crippen LogP contribution in [0.25, 0.3) is 0 Å². The van der Waals surface area contributed by atoms with Crippen LogP contribution in [0, 0.1) is 12.8 Å². The van der Waals surface area contributed by atoms with Crippen molar-refractivity contribution in [3.8, 4) is 5.75 Å². The Morgan fingerprint density at radius 2 is 2.20 bits per heavy atom. The Kier molecular flexibility index (Phi) is 4.98. The highest BCUT2D eigenvalue weighted by Gasteiger charge is 2.30. The lowest BCUT2D eigenvalue weighted by Gasteiger charge is -2.25. The summed E-state index contributed by atoms with van der Waals surface area (Å²) in [5.74, 6) is 0.381. The quantitative estimate of drug-likeness (QED) is 0.855. The third kappa shape index (κ3) is 4.33. The smallest absolute Gasteiger partial charge is 0.266 e. The number of anilines is 2. The molecule has 1 unspecified atom stereocenters. The van der Waals surface area contributed by atoms with Gasteiger partial charge in [0.2, 0.25) is 11.0 Å². The average Bonchev–Trinajstić information content (AvgIpc) is 2.94. The molecule has 3 rings (SSSR count). The summed E-state index contributed by atoms with van der Waals surface area (Å²) < 4.78 is 5.66. The molecule has 1 aliphatic rings. The zero-order valence-electron chi connectivity index (χ0n) is 14.3. The summed E-state index contributed by atoms with van der Waals surface area (Å²) in [5.41, 5.74) is 1.65. The standard InChI is InChI=1S/C17H20N4O3S/c1-9(2)6-15-20-21-17(25-15)19-14(22)8-13-16(23)18-11-7-10(3)4-5-12(11)24-13/h4-5,7,9,13H,6,8H2,1-3H3,(H,18,23)(H,19,21,22). The third-order valence-electron chi connectivity index (χ3n) is 3.62. The van der Waals surface area contributed by atoms with E-state index in [1.165, 1.54) is 11.3 Å². The minimum absolute atomic E-state index is 0.0851. The third-order valence-corrected chi connectivity index (χ3v) is 4.48. The van der Waals surface area contributed by atoms with Gasteiger partial charge in [0.15, 0.2) is 6.10 Å². The van der Waals surface area contributed by atoms with Crippen LogP contribution in [0.2, 0.25) is 0 Å². The Hall–Kier alpha value is -2.48. The molecule has 8 heteroatoms. The van der Waals surface area contributed by atoms with Crippen LogP contribution in [0.3, 0.4) is 0 Å². The van der Waals surface area contributed by atoms with Gasteiger partial charge in [0.25, 0.3) is 5.91 Å². The molecule has 1 aliphatic heterocycles. The number of aryl methyl sites for hydroxylation is 1. The second kappa shape index (κ2) is 7.18. The van der Waals surface area contributed by atoms with Crippen molar-refractivity contribution >= 4 is 34.0 Å². The maximum Gasteiger partial charge on any atom is 0.266 e. The Labute approximate surface area is 149 Å². The van der Waals surface area contributed by atoms with Crippen LogP contribution in [0.5, 0.6) is 5.75 Å². The van der Waals surface area contributed by atoms with Gasteiger partial charge in [-0.25, -0.2) is 0 Å². The summed E-state index contributed by atoms with van der Waals surface area (Å²) in [7, 11) is 0. The van der Waals surface area contributed by atoms with Crippen molar-refractivity contribution in [3.05, 3.63) is 28.8 Å². The van der Waals surface area contributed by atoms with Crippen LogP contribution in [0.15, 0.2) is 18.2 Å². The van der Waals surface area contributed by atoms with Crippen molar-refractivity contribution in [3.63, 3.8) is 0 Å². The number of carbonyl (C=O) groups excluding carboxylic acids is 2. The van der Waals surface area contributed by atoms with E-state index >= 15 is 0 Å². The summed E-state index contributed by atoms with van der Waals surface area (Å²) in [5, 5.41) is 14.8. The molecule has 132 valence electrons. The molecule has 1 atom stereocenters. The maximum absolute atomic E-state index is 12.2. The fraction of sp³-hybridized carbons (Fsp3) is 0.412. The molecular formula is C17H20N4O3S. The Morgan fingerprint density at radius 1 is 1.40 bits per heavy atom. The largest absolute Gasteiger partial charge is 0.478 e. The molecule has 0 aliphatic carbocycles.